The molecule has 0 aliphatic carbocycles. The maximum absolute atomic E-state index is 13.4. The van der Waals surface area contributed by atoms with Crippen LogP contribution >= 0.6 is 10.7 Å². The van der Waals surface area contributed by atoms with Crippen molar-refractivity contribution in [2.24, 2.45) is 3.77 Å². The molecule has 0 radical (unpaired) electrons. The maximum atomic E-state index is 13.4. The Morgan fingerprint density at radius 2 is 1.88 bits per heavy atom. The predicted octanol–water partition coefficient (Wildman–Crippen LogP) is 2.16. The number of nitrogens with zero attached hydrogens (tertiary/aromatic N) is 1. The zero-order chi connectivity index (χ0) is 12.4. The molecule has 0 saturated carbocycles. The van der Waals surface area contributed by atoms with Crippen molar-refractivity contribution in [1.29, 1.82) is 0 Å². The smallest absolute Gasteiger partial charge is 0.244 e. The summed E-state index contributed by atoms with van der Waals surface area (Å²) in [6.45, 7) is 1.44. The van der Waals surface area contributed by atoms with Crippen LogP contribution in [0, 0.1) is 5.82 Å². The van der Waals surface area contributed by atoms with Crippen LogP contribution in [0.2, 0.25) is 0 Å². The second-order valence-corrected chi connectivity index (χ2v) is 7.73. The molecule has 0 fully saturated rings. The van der Waals surface area contributed by atoms with E-state index in [1.807, 2.05) is 0 Å². The van der Waals surface area contributed by atoms with Crippen molar-refractivity contribution >= 4 is 29.6 Å². The molecule has 0 amide bonds. The van der Waals surface area contributed by atoms with Crippen LogP contribution in [0.1, 0.15) is 6.92 Å². The van der Waals surface area contributed by atoms with Gasteiger partial charge in [0, 0.05) is 16.4 Å². The van der Waals surface area contributed by atoms with Gasteiger partial charge in [-0.15, -0.1) is 0 Å². The molecule has 16 heavy (non-hydrogen) atoms. The van der Waals surface area contributed by atoms with Crippen LogP contribution in [0.15, 0.2) is 32.9 Å². The molecule has 0 bridgehead atoms. The molecular formula is C8H9ClFNO3S2. The van der Waals surface area contributed by atoms with Gasteiger partial charge in [0.05, 0.1) is 14.6 Å². The van der Waals surface area contributed by atoms with E-state index >= 15 is 0 Å². The van der Waals surface area contributed by atoms with Gasteiger partial charge in [-0.25, -0.2) is 8.60 Å². The first kappa shape index (κ1) is 13.4. The topological polar surface area (TPSA) is 63.6 Å². The van der Waals surface area contributed by atoms with Crippen molar-refractivity contribution < 1.29 is 17.0 Å². The van der Waals surface area contributed by atoms with Crippen LogP contribution < -0.4 is 0 Å². The van der Waals surface area contributed by atoms with Crippen LogP contribution in [0.5, 0.6) is 0 Å². The Balaban J connectivity index is 3.57. The minimum absolute atomic E-state index is 0.139. The van der Waals surface area contributed by atoms with Gasteiger partial charge >= 0.3 is 9.24 Å². The molecule has 8 heteroatoms. The lowest BCUT2D eigenvalue weighted by atomic mass is 10.3. The summed E-state index contributed by atoms with van der Waals surface area (Å²) in [7, 11) is -2.77. The van der Waals surface area contributed by atoms with E-state index in [0.717, 1.165) is 6.07 Å². The minimum Gasteiger partial charge on any atom is -0.244 e. The predicted molar refractivity (Wildman–Crippen MR) is 60.6 cm³/mol. The van der Waals surface area contributed by atoms with Crippen LogP contribution in [0.3, 0.4) is 0 Å². The Bertz CT molecular complexity index is 605. The number of halogens is 2. The van der Waals surface area contributed by atoms with E-state index in [1.54, 1.807) is 0 Å². The van der Waals surface area contributed by atoms with E-state index in [0.29, 0.717) is 0 Å². The van der Waals surface area contributed by atoms with Crippen LogP contribution in [0.4, 0.5) is 4.39 Å². The largest absolute Gasteiger partial charge is 0.347 e. The molecule has 1 rings (SSSR count). The van der Waals surface area contributed by atoms with Crippen LogP contribution in [-0.2, 0) is 19.0 Å². The van der Waals surface area contributed by atoms with Crippen molar-refractivity contribution in [1.82, 2.24) is 0 Å². The molecule has 0 aromatic heterocycles. The monoisotopic (exact) mass is 285 g/mol. The van der Waals surface area contributed by atoms with Gasteiger partial charge in [-0.1, -0.05) is 22.8 Å². The lowest BCUT2D eigenvalue weighted by Crippen LogP contribution is -2.08. The average molecular weight is 286 g/mol. The van der Waals surface area contributed by atoms with E-state index in [2.05, 4.69) is 3.77 Å². The minimum atomic E-state index is -4.30. The van der Waals surface area contributed by atoms with Crippen LogP contribution in [-0.4, -0.2) is 18.4 Å². The van der Waals surface area contributed by atoms with Gasteiger partial charge in [0.2, 0.25) is 0 Å². The Labute approximate surface area is 98.2 Å². The molecule has 1 atom stereocenters. The van der Waals surface area contributed by atoms with E-state index in [-0.39, 0.29) is 10.6 Å². The summed E-state index contributed by atoms with van der Waals surface area (Å²) in [6, 6.07) is 5.17. The van der Waals surface area contributed by atoms with Gasteiger partial charge in [0.1, 0.15) is 5.82 Å². The molecule has 1 aromatic carbocycles. The zero-order valence-electron chi connectivity index (χ0n) is 8.26. The molecule has 0 heterocycles. The summed E-state index contributed by atoms with van der Waals surface area (Å²) in [4.78, 5) is -0.248. The second kappa shape index (κ2) is 4.68. The van der Waals surface area contributed by atoms with Crippen molar-refractivity contribution in [2.75, 3.05) is 5.75 Å². The third-order valence-electron chi connectivity index (χ3n) is 1.78. The molecule has 1 unspecified atom stereocenters. The maximum Gasteiger partial charge on any atom is 0.347 e. The number of benzene rings is 1. The lowest BCUT2D eigenvalue weighted by Gasteiger charge is -2.06. The zero-order valence-corrected chi connectivity index (χ0v) is 10.6. The summed E-state index contributed by atoms with van der Waals surface area (Å²) in [5.41, 5.74) is 0. The Kier molecular flexibility index (Phi) is 3.92. The number of hydrogen-bond acceptors (Lipinski definition) is 3. The second-order valence-electron chi connectivity index (χ2n) is 2.85. The molecule has 0 N–H and O–H groups in total. The van der Waals surface area contributed by atoms with Crippen molar-refractivity contribution in [3.05, 3.63) is 30.1 Å². The van der Waals surface area contributed by atoms with E-state index in [9.17, 15) is 17.0 Å². The van der Waals surface area contributed by atoms with Gasteiger partial charge in [0.15, 0.2) is 0 Å². The number of hydrogen-bond donors (Lipinski definition) is 0. The molecule has 90 valence electrons. The van der Waals surface area contributed by atoms with Gasteiger partial charge in [0.25, 0.3) is 0 Å². The summed E-state index contributed by atoms with van der Waals surface area (Å²) in [5.74, 6) is -0.904. The van der Waals surface area contributed by atoms with Crippen molar-refractivity contribution in [3.63, 3.8) is 0 Å². The molecule has 0 aliphatic rings. The fourth-order valence-corrected chi connectivity index (χ4v) is 4.78. The van der Waals surface area contributed by atoms with Crippen LogP contribution in [0.25, 0.3) is 0 Å². The summed E-state index contributed by atoms with van der Waals surface area (Å²) < 4.78 is 50.1. The third kappa shape index (κ3) is 3.16. The first-order valence-electron chi connectivity index (χ1n) is 4.24. The molecule has 1 aromatic rings. The lowest BCUT2D eigenvalue weighted by molar-refractivity contribution is 0.593. The van der Waals surface area contributed by atoms with E-state index in [4.69, 9.17) is 10.7 Å². The van der Waals surface area contributed by atoms with Gasteiger partial charge in [-0.2, -0.15) is 8.42 Å². The van der Waals surface area contributed by atoms with Crippen molar-refractivity contribution in [3.8, 4) is 0 Å². The summed E-state index contributed by atoms with van der Waals surface area (Å²) >= 11 is 0. The highest BCUT2D eigenvalue weighted by Crippen LogP contribution is 2.20. The van der Waals surface area contributed by atoms with Gasteiger partial charge < -0.3 is 0 Å². The first-order chi connectivity index (χ1) is 7.28. The van der Waals surface area contributed by atoms with Gasteiger partial charge in [-0.3, -0.25) is 0 Å². The Hall–Kier alpha value is -0.660. The fraction of sp³-hybridized carbons (Fsp3) is 0.250. The van der Waals surface area contributed by atoms with E-state index < -0.39 is 24.8 Å². The fourth-order valence-electron chi connectivity index (χ4n) is 1.10. The third-order valence-corrected chi connectivity index (χ3v) is 5.76. The summed E-state index contributed by atoms with van der Waals surface area (Å²) in [6.07, 6.45) is 0. The highest BCUT2D eigenvalue weighted by atomic mass is 35.7. The molecule has 0 spiro atoms. The summed E-state index contributed by atoms with van der Waals surface area (Å²) in [5, 5.41) is 0. The number of rotatable bonds is 3. The highest BCUT2D eigenvalue weighted by molar-refractivity contribution is 8.17. The van der Waals surface area contributed by atoms with E-state index in [1.165, 1.54) is 25.1 Å². The standard InChI is InChI=1S/C8H9ClFNO3S2/c1-2-15(12,11-16(9,13)14)8-6-4-3-5-7(8)10/h3-6H,2H2,1H3. The normalized spacial score (nSPS) is 15.4. The first-order valence-corrected chi connectivity index (χ1v) is 8.19. The quantitative estimate of drug-likeness (QED) is 0.800. The Morgan fingerprint density at radius 1 is 1.31 bits per heavy atom. The highest BCUT2D eigenvalue weighted by Gasteiger charge is 2.18. The molecule has 0 aliphatic heterocycles. The SMILES string of the molecule is CCS(=O)(=NS(=O)(=O)Cl)c1ccccc1F. The van der Waals surface area contributed by atoms with Crippen molar-refractivity contribution in [2.45, 2.75) is 11.8 Å². The molecule has 4 nitrogen and oxygen atoms in total. The molecule has 0 saturated heterocycles. The average Bonchev–Trinajstić information content (AvgIpc) is 2.15. The molecular weight excluding hydrogens is 277 g/mol. The van der Waals surface area contributed by atoms with Gasteiger partial charge in [-0.05, 0) is 12.1 Å². The Morgan fingerprint density at radius 3 is 2.31 bits per heavy atom.